The lowest BCUT2D eigenvalue weighted by Crippen LogP contribution is -2.45. The van der Waals surface area contributed by atoms with E-state index < -0.39 is 0 Å². The third-order valence-electron chi connectivity index (χ3n) is 5.35. The maximum Gasteiger partial charge on any atom is 0.223 e. The third-order valence-corrected chi connectivity index (χ3v) is 5.88. The van der Waals surface area contributed by atoms with Crippen LogP contribution in [0.3, 0.4) is 0 Å². The zero-order valence-corrected chi connectivity index (χ0v) is 15.0. The smallest absolute Gasteiger partial charge is 0.223 e. The van der Waals surface area contributed by atoms with Gasteiger partial charge in [-0.25, -0.2) is 0 Å². The molecule has 1 heterocycles. The zero-order valence-electron chi connectivity index (χ0n) is 13.4. The van der Waals surface area contributed by atoms with E-state index in [0.29, 0.717) is 6.54 Å². The summed E-state index contributed by atoms with van der Waals surface area (Å²) < 4.78 is 6.63. The van der Waals surface area contributed by atoms with Gasteiger partial charge in [-0.3, -0.25) is 4.79 Å². The predicted molar refractivity (Wildman–Crippen MR) is 94.2 cm³/mol. The van der Waals surface area contributed by atoms with E-state index >= 15 is 0 Å². The highest BCUT2D eigenvalue weighted by Crippen LogP contribution is 2.35. The molecule has 1 aromatic carbocycles. The molecule has 126 valence electrons. The van der Waals surface area contributed by atoms with Crippen LogP contribution in [0.2, 0.25) is 0 Å². The molecule has 0 bridgehead atoms. The van der Waals surface area contributed by atoms with Crippen LogP contribution in [-0.2, 0) is 14.9 Å². The van der Waals surface area contributed by atoms with Crippen molar-refractivity contribution in [1.29, 1.82) is 0 Å². The monoisotopic (exact) mass is 380 g/mol. The number of halogens is 1. The van der Waals surface area contributed by atoms with E-state index in [-0.39, 0.29) is 23.3 Å². The molecular formula is C18H25BrN2O2. The van der Waals surface area contributed by atoms with Gasteiger partial charge >= 0.3 is 0 Å². The molecule has 0 radical (unpaired) electrons. The fourth-order valence-electron chi connectivity index (χ4n) is 3.79. The second kappa shape index (κ2) is 7.32. The number of rotatable bonds is 4. The summed E-state index contributed by atoms with van der Waals surface area (Å²) in [6, 6.07) is 8.66. The fraction of sp³-hybridized carbons (Fsp3) is 0.611. The number of carbonyl (C=O) groups is 1. The molecule has 2 unspecified atom stereocenters. The van der Waals surface area contributed by atoms with Crippen LogP contribution in [0.5, 0.6) is 0 Å². The quantitative estimate of drug-likeness (QED) is 0.843. The van der Waals surface area contributed by atoms with Gasteiger partial charge in [-0.1, -0.05) is 28.1 Å². The normalized spacial score (nSPS) is 26.9. The van der Waals surface area contributed by atoms with Gasteiger partial charge < -0.3 is 15.8 Å². The Morgan fingerprint density at radius 3 is 2.57 bits per heavy atom. The number of benzene rings is 1. The molecule has 1 aliphatic carbocycles. The van der Waals surface area contributed by atoms with Crippen molar-refractivity contribution in [1.82, 2.24) is 5.32 Å². The van der Waals surface area contributed by atoms with E-state index in [2.05, 4.69) is 45.5 Å². The first kappa shape index (κ1) is 16.9. The molecule has 5 heteroatoms. The van der Waals surface area contributed by atoms with Crippen LogP contribution in [0, 0.1) is 5.92 Å². The van der Waals surface area contributed by atoms with Gasteiger partial charge in [-0.05, 0) is 49.8 Å². The van der Waals surface area contributed by atoms with Gasteiger partial charge in [0.1, 0.15) is 0 Å². The SMILES string of the molecule is NC1CCC(C(=O)NCC2(c3ccc(Br)cc3)CCOCC2)C1. The summed E-state index contributed by atoms with van der Waals surface area (Å²) in [4.78, 5) is 12.5. The number of amides is 1. The van der Waals surface area contributed by atoms with Crippen molar-refractivity contribution in [3.05, 3.63) is 34.3 Å². The summed E-state index contributed by atoms with van der Waals surface area (Å²) in [7, 11) is 0. The van der Waals surface area contributed by atoms with Crippen molar-refractivity contribution in [3.63, 3.8) is 0 Å². The van der Waals surface area contributed by atoms with Gasteiger partial charge in [0.25, 0.3) is 0 Å². The molecule has 2 fully saturated rings. The fourth-order valence-corrected chi connectivity index (χ4v) is 4.05. The maximum absolute atomic E-state index is 12.5. The number of hydrogen-bond acceptors (Lipinski definition) is 3. The number of nitrogens with two attached hydrogens (primary N) is 1. The molecule has 3 N–H and O–H groups in total. The second-order valence-corrected chi connectivity index (χ2v) is 7.80. The second-order valence-electron chi connectivity index (χ2n) is 6.89. The molecule has 3 rings (SSSR count). The summed E-state index contributed by atoms with van der Waals surface area (Å²) in [6.07, 6.45) is 4.59. The Morgan fingerprint density at radius 2 is 1.96 bits per heavy atom. The highest BCUT2D eigenvalue weighted by Gasteiger charge is 2.36. The maximum atomic E-state index is 12.5. The molecule has 0 aromatic heterocycles. The minimum absolute atomic E-state index is 0.0185. The van der Waals surface area contributed by atoms with E-state index in [9.17, 15) is 4.79 Å². The third kappa shape index (κ3) is 3.95. The van der Waals surface area contributed by atoms with E-state index in [1.165, 1.54) is 5.56 Å². The van der Waals surface area contributed by atoms with Gasteiger partial charge in [0.05, 0.1) is 0 Å². The summed E-state index contributed by atoms with van der Waals surface area (Å²) in [5, 5.41) is 3.21. The van der Waals surface area contributed by atoms with Crippen LogP contribution in [-0.4, -0.2) is 31.7 Å². The Kier molecular flexibility index (Phi) is 5.39. The Labute approximate surface area is 146 Å². The largest absolute Gasteiger partial charge is 0.381 e. The van der Waals surface area contributed by atoms with Crippen molar-refractivity contribution in [2.45, 2.75) is 43.6 Å². The lowest BCUT2D eigenvalue weighted by atomic mass is 9.74. The summed E-state index contributed by atoms with van der Waals surface area (Å²) in [6.45, 7) is 2.18. The highest BCUT2D eigenvalue weighted by molar-refractivity contribution is 9.10. The minimum atomic E-state index is -0.0185. The van der Waals surface area contributed by atoms with Gasteiger partial charge in [0.2, 0.25) is 5.91 Å². The Balaban J connectivity index is 1.69. The van der Waals surface area contributed by atoms with Gasteiger partial charge in [0.15, 0.2) is 0 Å². The average Bonchev–Trinajstić information content (AvgIpc) is 3.01. The van der Waals surface area contributed by atoms with Crippen molar-refractivity contribution in [2.24, 2.45) is 11.7 Å². The van der Waals surface area contributed by atoms with E-state index in [0.717, 1.165) is 49.8 Å². The molecule has 0 spiro atoms. The predicted octanol–water partition coefficient (Wildman–Crippen LogP) is 2.74. The molecule has 2 aliphatic rings. The highest BCUT2D eigenvalue weighted by atomic mass is 79.9. The number of carbonyl (C=O) groups excluding carboxylic acids is 1. The first-order valence-electron chi connectivity index (χ1n) is 8.46. The lowest BCUT2D eigenvalue weighted by molar-refractivity contribution is -0.125. The van der Waals surface area contributed by atoms with Crippen LogP contribution in [0.25, 0.3) is 0 Å². The average molecular weight is 381 g/mol. The van der Waals surface area contributed by atoms with E-state index in [1.54, 1.807) is 0 Å². The Bertz CT molecular complexity index is 540. The van der Waals surface area contributed by atoms with Crippen LogP contribution in [0.15, 0.2) is 28.7 Å². The van der Waals surface area contributed by atoms with Crippen LogP contribution in [0.4, 0.5) is 0 Å². The van der Waals surface area contributed by atoms with Crippen LogP contribution < -0.4 is 11.1 Å². The Morgan fingerprint density at radius 1 is 1.26 bits per heavy atom. The lowest BCUT2D eigenvalue weighted by Gasteiger charge is -2.38. The van der Waals surface area contributed by atoms with Crippen molar-refractivity contribution in [3.8, 4) is 0 Å². The van der Waals surface area contributed by atoms with Gasteiger partial charge in [-0.2, -0.15) is 0 Å². The molecular weight excluding hydrogens is 356 g/mol. The zero-order chi connectivity index (χ0) is 16.3. The molecule has 1 aliphatic heterocycles. The van der Waals surface area contributed by atoms with Gasteiger partial charge in [-0.15, -0.1) is 0 Å². The standard InChI is InChI=1S/C18H25BrN2O2/c19-15-4-2-14(3-5-15)18(7-9-23-10-8-18)12-21-17(22)13-1-6-16(20)11-13/h2-5,13,16H,1,6-12,20H2,(H,21,22). The summed E-state index contributed by atoms with van der Waals surface area (Å²) in [5.74, 6) is 0.257. The van der Waals surface area contributed by atoms with Gasteiger partial charge in [0, 0.05) is 41.6 Å². The first-order valence-corrected chi connectivity index (χ1v) is 9.25. The van der Waals surface area contributed by atoms with Crippen LogP contribution >= 0.6 is 15.9 Å². The number of nitrogens with one attached hydrogen (secondary N) is 1. The summed E-state index contributed by atoms with van der Waals surface area (Å²) in [5.41, 5.74) is 7.20. The molecule has 1 saturated heterocycles. The van der Waals surface area contributed by atoms with Crippen molar-refractivity contribution < 1.29 is 9.53 Å². The Hall–Kier alpha value is -0.910. The van der Waals surface area contributed by atoms with Crippen molar-refractivity contribution in [2.75, 3.05) is 19.8 Å². The summed E-state index contributed by atoms with van der Waals surface area (Å²) >= 11 is 3.49. The number of hydrogen-bond donors (Lipinski definition) is 2. The molecule has 1 amide bonds. The van der Waals surface area contributed by atoms with E-state index in [4.69, 9.17) is 10.5 Å². The molecule has 1 saturated carbocycles. The van der Waals surface area contributed by atoms with Crippen molar-refractivity contribution >= 4 is 21.8 Å². The number of ether oxygens (including phenoxy) is 1. The first-order chi connectivity index (χ1) is 11.1. The molecule has 4 nitrogen and oxygen atoms in total. The molecule has 23 heavy (non-hydrogen) atoms. The molecule has 2 atom stereocenters. The van der Waals surface area contributed by atoms with E-state index in [1.807, 2.05) is 0 Å². The molecule has 1 aromatic rings. The topological polar surface area (TPSA) is 64.4 Å². The minimum Gasteiger partial charge on any atom is -0.381 e. The van der Waals surface area contributed by atoms with Crippen LogP contribution in [0.1, 0.15) is 37.7 Å².